The normalized spacial score (nSPS) is 15.4. The van der Waals surface area contributed by atoms with E-state index < -0.39 is 23.6 Å². The van der Waals surface area contributed by atoms with E-state index >= 15 is 0 Å². The Morgan fingerprint density at radius 1 is 1.11 bits per heavy atom. The van der Waals surface area contributed by atoms with Gasteiger partial charge in [0.25, 0.3) is 11.1 Å². The number of thioether (sulfide) groups is 1. The summed E-state index contributed by atoms with van der Waals surface area (Å²) in [7, 11) is 0. The van der Waals surface area contributed by atoms with E-state index in [4.69, 9.17) is 34.8 Å². The Morgan fingerprint density at radius 3 is 2.54 bits per heavy atom. The van der Waals surface area contributed by atoms with Crippen molar-refractivity contribution < 1.29 is 14.4 Å². The molecule has 1 heterocycles. The second-order valence-electron chi connectivity index (χ2n) is 5.61. The average Bonchev–Trinajstić information content (AvgIpc) is 2.88. The molecule has 0 radical (unpaired) electrons. The van der Waals surface area contributed by atoms with Crippen LogP contribution >= 0.6 is 62.5 Å². The number of halogens is 4. The quantitative estimate of drug-likeness (QED) is 0.496. The Bertz CT molecular complexity index is 1030. The molecule has 0 aromatic heterocycles. The molecule has 1 aliphatic heterocycles. The van der Waals surface area contributed by atoms with Crippen molar-refractivity contribution in [2.75, 3.05) is 11.9 Å². The first-order valence-corrected chi connectivity index (χ1v) is 10.4. The molecule has 3 rings (SSSR count). The summed E-state index contributed by atoms with van der Waals surface area (Å²) in [6.45, 7) is -0.413. The zero-order valence-corrected chi connectivity index (χ0v) is 18.5. The number of benzene rings is 2. The number of hydrogen-bond acceptors (Lipinski definition) is 4. The maximum absolute atomic E-state index is 12.5. The highest BCUT2D eigenvalue weighted by Gasteiger charge is 2.36. The fourth-order valence-electron chi connectivity index (χ4n) is 2.31. The zero-order valence-electron chi connectivity index (χ0n) is 13.8. The number of rotatable bonds is 4. The first-order valence-electron chi connectivity index (χ1n) is 7.70. The van der Waals surface area contributed by atoms with Crippen LogP contribution in [0.4, 0.5) is 10.5 Å². The number of imide groups is 1. The summed E-state index contributed by atoms with van der Waals surface area (Å²) in [5.74, 6) is -1.09. The van der Waals surface area contributed by atoms with Gasteiger partial charge in [-0.2, -0.15) is 0 Å². The lowest BCUT2D eigenvalue weighted by Gasteiger charge is -2.12. The topological polar surface area (TPSA) is 66.5 Å². The molecule has 0 bridgehead atoms. The smallest absolute Gasteiger partial charge is 0.294 e. The molecule has 5 nitrogen and oxygen atoms in total. The van der Waals surface area contributed by atoms with E-state index in [1.165, 1.54) is 12.1 Å². The van der Waals surface area contributed by atoms with Crippen molar-refractivity contribution in [1.82, 2.24) is 4.90 Å². The maximum Gasteiger partial charge on any atom is 0.294 e. The standard InChI is InChI=1S/C18H10BrCl3N2O3S/c19-12-4-3-11(7-14(12)22)23-16(25)8-24-17(26)15(28-18(24)27)5-9-1-2-10(20)6-13(9)21/h1-7H,8H2,(H,23,25)/b15-5+. The van der Waals surface area contributed by atoms with Crippen LogP contribution in [0, 0.1) is 0 Å². The molecule has 0 unspecified atom stereocenters. The molecule has 0 aliphatic carbocycles. The van der Waals surface area contributed by atoms with E-state index in [0.29, 0.717) is 30.8 Å². The van der Waals surface area contributed by atoms with Gasteiger partial charge in [-0.3, -0.25) is 19.3 Å². The third kappa shape index (κ3) is 4.90. The number of anilines is 1. The monoisotopic (exact) mass is 518 g/mol. The minimum absolute atomic E-state index is 0.175. The summed E-state index contributed by atoms with van der Waals surface area (Å²) in [6, 6.07) is 9.68. The lowest BCUT2D eigenvalue weighted by atomic mass is 10.2. The van der Waals surface area contributed by atoms with Gasteiger partial charge >= 0.3 is 0 Å². The molecule has 0 saturated carbocycles. The van der Waals surface area contributed by atoms with Crippen LogP contribution in [-0.2, 0) is 9.59 Å². The van der Waals surface area contributed by atoms with Crippen LogP contribution < -0.4 is 5.32 Å². The van der Waals surface area contributed by atoms with Crippen LogP contribution in [0.1, 0.15) is 5.56 Å². The zero-order chi connectivity index (χ0) is 20.4. The molecule has 28 heavy (non-hydrogen) atoms. The minimum atomic E-state index is -0.565. The van der Waals surface area contributed by atoms with Gasteiger partial charge in [0.2, 0.25) is 5.91 Å². The Kier molecular flexibility index (Phi) is 6.73. The van der Waals surface area contributed by atoms with Crippen LogP contribution in [0.5, 0.6) is 0 Å². The minimum Gasteiger partial charge on any atom is -0.324 e. The van der Waals surface area contributed by atoms with Gasteiger partial charge in [-0.25, -0.2) is 0 Å². The van der Waals surface area contributed by atoms with E-state index in [9.17, 15) is 14.4 Å². The molecule has 1 saturated heterocycles. The summed E-state index contributed by atoms with van der Waals surface area (Å²) in [4.78, 5) is 38.0. The van der Waals surface area contributed by atoms with Crippen molar-refractivity contribution in [2.45, 2.75) is 0 Å². The third-order valence-electron chi connectivity index (χ3n) is 3.63. The van der Waals surface area contributed by atoms with Crippen molar-refractivity contribution >= 4 is 91.3 Å². The SMILES string of the molecule is O=C(CN1C(=O)S/C(=C/c2ccc(Cl)cc2Cl)C1=O)Nc1ccc(Br)c(Cl)c1. The van der Waals surface area contributed by atoms with Crippen molar-refractivity contribution in [1.29, 1.82) is 0 Å². The number of nitrogens with zero attached hydrogens (tertiary/aromatic N) is 1. The highest BCUT2D eigenvalue weighted by atomic mass is 79.9. The maximum atomic E-state index is 12.5. The van der Waals surface area contributed by atoms with Crippen molar-refractivity contribution in [3.05, 3.63) is 66.4 Å². The number of amides is 3. The van der Waals surface area contributed by atoms with Crippen molar-refractivity contribution in [3.8, 4) is 0 Å². The van der Waals surface area contributed by atoms with Crippen LogP contribution in [0.15, 0.2) is 45.8 Å². The summed E-state index contributed by atoms with van der Waals surface area (Å²) in [6.07, 6.45) is 1.50. The Balaban J connectivity index is 1.71. The largest absolute Gasteiger partial charge is 0.324 e. The molecule has 10 heteroatoms. The number of carbonyl (C=O) groups is 3. The van der Waals surface area contributed by atoms with Gasteiger partial charge in [-0.1, -0.05) is 40.9 Å². The molecule has 144 valence electrons. The summed E-state index contributed by atoms with van der Waals surface area (Å²) < 4.78 is 0.684. The van der Waals surface area contributed by atoms with Crippen molar-refractivity contribution in [3.63, 3.8) is 0 Å². The fraction of sp³-hybridized carbons (Fsp3) is 0.0556. The number of nitrogens with one attached hydrogen (secondary N) is 1. The molecule has 2 aromatic rings. The molecule has 3 amide bonds. The molecular weight excluding hydrogens is 511 g/mol. The third-order valence-corrected chi connectivity index (χ3v) is 6.33. The predicted octanol–water partition coefficient (Wildman–Crippen LogP) is 6.08. The van der Waals surface area contributed by atoms with E-state index in [1.54, 1.807) is 30.3 Å². The summed E-state index contributed by atoms with van der Waals surface area (Å²) in [5.41, 5.74) is 0.999. The molecule has 0 spiro atoms. The van der Waals surface area contributed by atoms with E-state index in [2.05, 4.69) is 21.2 Å². The molecular formula is C18H10BrCl3N2O3S. The Morgan fingerprint density at radius 2 is 1.86 bits per heavy atom. The highest BCUT2D eigenvalue weighted by molar-refractivity contribution is 9.10. The Labute approximate surface area is 188 Å². The molecule has 1 fully saturated rings. The van der Waals surface area contributed by atoms with Gasteiger partial charge < -0.3 is 5.32 Å². The van der Waals surface area contributed by atoms with Gasteiger partial charge in [0.05, 0.1) is 9.93 Å². The van der Waals surface area contributed by atoms with Crippen LogP contribution in [0.25, 0.3) is 6.08 Å². The van der Waals surface area contributed by atoms with E-state index in [-0.39, 0.29) is 4.91 Å². The first kappa shape index (κ1) is 21.2. The predicted molar refractivity (Wildman–Crippen MR) is 117 cm³/mol. The average molecular weight is 521 g/mol. The molecule has 2 aromatic carbocycles. The van der Waals surface area contributed by atoms with E-state index in [0.717, 1.165) is 16.7 Å². The van der Waals surface area contributed by atoms with Gasteiger partial charge in [-0.05, 0) is 69.7 Å². The van der Waals surface area contributed by atoms with Gasteiger partial charge in [-0.15, -0.1) is 0 Å². The lowest BCUT2D eigenvalue weighted by Crippen LogP contribution is -2.36. The second-order valence-corrected chi connectivity index (χ2v) is 8.71. The van der Waals surface area contributed by atoms with Crippen LogP contribution in [0.2, 0.25) is 15.1 Å². The molecule has 1 N–H and O–H groups in total. The van der Waals surface area contributed by atoms with Gasteiger partial charge in [0.1, 0.15) is 6.54 Å². The number of hydrogen-bond donors (Lipinski definition) is 1. The first-order chi connectivity index (χ1) is 13.2. The number of carbonyl (C=O) groups excluding carboxylic acids is 3. The highest BCUT2D eigenvalue weighted by Crippen LogP contribution is 2.34. The van der Waals surface area contributed by atoms with Crippen LogP contribution in [0.3, 0.4) is 0 Å². The summed E-state index contributed by atoms with van der Waals surface area (Å²) in [5, 5.41) is 3.30. The van der Waals surface area contributed by atoms with Crippen LogP contribution in [-0.4, -0.2) is 28.5 Å². The van der Waals surface area contributed by atoms with Crippen molar-refractivity contribution in [2.24, 2.45) is 0 Å². The summed E-state index contributed by atoms with van der Waals surface area (Å²) >= 11 is 21.9. The van der Waals surface area contributed by atoms with E-state index in [1.807, 2.05) is 0 Å². The molecule has 0 atom stereocenters. The fourth-order valence-corrected chi connectivity index (χ4v) is 4.03. The lowest BCUT2D eigenvalue weighted by molar-refractivity contribution is -0.127. The Hall–Kier alpha value is -1.51. The van der Waals surface area contributed by atoms with Gasteiger partial charge in [0.15, 0.2) is 0 Å². The van der Waals surface area contributed by atoms with Gasteiger partial charge in [0, 0.05) is 20.2 Å². The second kappa shape index (κ2) is 8.88. The molecule has 1 aliphatic rings.